The Labute approximate surface area is 172 Å². The summed E-state index contributed by atoms with van der Waals surface area (Å²) in [6.07, 6.45) is 0.955. The van der Waals surface area contributed by atoms with Crippen LogP contribution in [-0.2, 0) is 23.0 Å². The number of ether oxygens (including phenoxy) is 1. The Bertz CT molecular complexity index is 931. The first-order valence-corrected chi connectivity index (χ1v) is 11.1. The Balaban J connectivity index is 1.58. The zero-order chi connectivity index (χ0) is 20.9. The Hall–Kier alpha value is -2.58. The molecule has 0 aromatic heterocycles. The predicted octanol–water partition coefficient (Wildman–Crippen LogP) is 2.00. The Morgan fingerprint density at radius 3 is 2.52 bits per heavy atom. The van der Waals surface area contributed by atoms with Crippen LogP contribution < -0.4 is 15.4 Å². The number of guanidine groups is 1. The fourth-order valence-corrected chi connectivity index (χ4v) is 3.97. The molecule has 0 saturated carbocycles. The van der Waals surface area contributed by atoms with E-state index in [-0.39, 0.29) is 11.0 Å². The fourth-order valence-electron chi connectivity index (χ4n) is 3.07. The van der Waals surface area contributed by atoms with E-state index >= 15 is 0 Å². The van der Waals surface area contributed by atoms with E-state index in [1.165, 1.54) is 24.0 Å². The van der Waals surface area contributed by atoms with Gasteiger partial charge in [-0.25, -0.2) is 17.7 Å². The lowest BCUT2D eigenvalue weighted by molar-refractivity contribution is 0.235. The number of hydrogen-bond donors (Lipinski definition) is 2. The summed E-state index contributed by atoms with van der Waals surface area (Å²) < 4.78 is 31.5. The SMILES string of the molecule is CCNC(=NCc1ccc(S(=O)(=O)N(C)C)cc1)NCC1Cc2ccccc2O1. The van der Waals surface area contributed by atoms with Gasteiger partial charge in [-0.1, -0.05) is 30.3 Å². The lowest BCUT2D eigenvalue weighted by atomic mass is 10.1. The monoisotopic (exact) mass is 416 g/mol. The van der Waals surface area contributed by atoms with E-state index in [1.807, 2.05) is 25.1 Å². The maximum atomic E-state index is 12.2. The average Bonchev–Trinajstić information content (AvgIpc) is 3.13. The molecule has 3 rings (SSSR count). The van der Waals surface area contributed by atoms with E-state index in [0.29, 0.717) is 19.0 Å². The maximum Gasteiger partial charge on any atom is 0.242 e. The van der Waals surface area contributed by atoms with Gasteiger partial charge >= 0.3 is 0 Å². The molecule has 2 N–H and O–H groups in total. The number of fused-ring (bicyclic) bond motifs is 1. The number of para-hydroxylation sites is 1. The standard InChI is InChI=1S/C21H28N4O3S/c1-4-22-21(24-15-18-13-17-7-5-6-8-20(17)28-18)23-14-16-9-11-19(12-10-16)29(26,27)25(2)3/h5-12,18H,4,13-15H2,1-3H3,(H2,22,23,24). The van der Waals surface area contributed by atoms with E-state index in [4.69, 9.17) is 4.74 Å². The number of hydrogen-bond acceptors (Lipinski definition) is 4. The second-order valence-electron chi connectivity index (χ2n) is 7.06. The molecule has 2 aromatic rings. The quantitative estimate of drug-likeness (QED) is 0.533. The predicted molar refractivity (Wildman–Crippen MR) is 115 cm³/mol. The highest BCUT2D eigenvalue weighted by molar-refractivity contribution is 7.89. The summed E-state index contributed by atoms with van der Waals surface area (Å²) in [5, 5.41) is 6.56. The molecule has 8 heteroatoms. The van der Waals surface area contributed by atoms with Gasteiger partial charge in [0.2, 0.25) is 10.0 Å². The first-order valence-electron chi connectivity index (χ1n) is 9.68. The summed E-state index contributed by atoms with van der Waals surface area (Å²) in [5.74, 6) is 1.66. The van der Waals surface area contributed by atoms with Crippen molar-refractivity contribution in [3.63, 3.8) is 0 Å². The van der Waals surface area contributed by atoms with Crippen LogP contribution in [0.4, 0.5) is 0 Å². The zero-order valence-corrected chi connectivity index (χ0v) is 17.9. The number of benzene rings is 2. The molecule has 0 radical (unpaired) electrons. The fraction of sp³-hybridized carbons (Fsp3) is 0.381. The number of nitrogens with zero attached hydrogens (tertiary/aromatic N) is 2. The third-order valence-corrected chi connectivity index (χ3v) is 6.51. The van der Waals surface area contributed by atoms with Gasteiger partial charge < -0.3 is 15.4 Å². The second kappa shape index (κ2) is 9.28. The summed E-state index contributed by atoms with van der Waals surface area (Å²) in [5.41, 5.74) is 2.17. The molecule has 0 fully saturated rings. The average molecular weight is 417 g/mol. The van der Waals surface area contributed by atoms with E-state index < -0.39 is 10.0 Å². The molecule has 0 bridgehead atoms. The summed E-state index contributed by atoms with van der Waals surface area (Å²) >= 11 is 0. The molecule has 0 saturated heterocycles. The molecule has 156 valence electrons. The third kappa shape index (κ3) is 5.27. The van der Waals surface area contributed by atoms with Crippen LogP contribution in [0.2, 0.25) is 0 Å². The van der Waals surface area contributed by atoms with Crippen LogP contribution in [-0.4, -0.2) is 52.0 Å². The van der Waals surface area contributed by atoms with Crippen LogP contribution in [0.5, 0.6) is 5.75 Å². The van der Waals surface area contributed by atoms with Crippen molar-refractivity contribution in [2.75, 3.05) is 27.2 Å². The van der Waals surface area contributed by atoms with Crippen molar-refractivity contribution in [2.45, 2.75) is 30.9 Å². The Morgan fingerprint density at radius 1 is 1.14 bits per heavy atom. The molecule has 0 spiro atoms. The Kier molecular flexibility index (Phi) is 6.76. The van der Waals surface area contributed by atoms with Crippen LogP contribution in [0.1, 0.15) is 18.1 Å². The van der Waals surface area contributed by atoms with Gasteiger partial charge in [0.15, 0.2) is 5.96 Å². The largest absolute Gasteiger partial charge is 0.488 e. The molecule has 7 nitrogen and oxygen atoms in total. The van der Waals surface area contributed by atoms with Crippen molar-refractivity contribution in [3.8, 4) is 5.75 Å². The first-order chi connectivity index (χ1) is 13.9. The lowest BCUT2D eigenvalue weighted by Crippen LogP contribution is -2.42. The minimum atomic E-state index is -3.42. The topological polar surface area (TPSA) is 83.0 Å². The van der Waals surface area contributed by atoms with Crippen LogP contribution in [0.3, 0.4) is 0 Å². The van der Waals surface area contributed by atoms with Crippen molar-refractivity contribution in [3.05, 3.63) is 59.7 Å². The second-order valence-corrected chi connectivity index (χ2v) is 9.21. The van der Waals surface area contributed by atoms with Crippen molar-refractivity contribution in [1.29, 1.82) is 0 Å². The maximum absolute atomic E-state index is 12.2. The van der Waals surface area contributed by atoms with Gasteiger partial charge in [-0.3, -0.25) is 0 Å². The number of sulfonamides is 1. The highest BCUT2D eigenvalue weighted by Gasteiger charge is 2.22. The summed E-state index contributed by atoms with van der Waals surface area (Å²) in [6.45, 7) is 3.86. The van der Waals surface area contributed by atoms with E-state index in [9.17, 15) is 8.42 Å². The highest BCUT2D eigenvalue weighted by atomic mass is 32.2. The van der Waals surface area contributed by atoms with E-state index in [0.717, 1.165) is 24.3 Å². The van der Waals surface area contributed by atoms with Crippen LogP contribution in [0.15, 0.2) is 58.4 Å². The van der Waals surface area contributed by atoms with Gasteiger partial charge in [0.1, 0.15) is 11.9 Å². The van der Waals surface area contributed by atoms with Gasteiger partial charge in [0.05, 0.1) is 18.0 Å². The van der Waals surface area contributed by atoms with Gasteiger partial charge in [0, 0.05) is 27.1 Å². The van der Waals surface area contributed by atoms with Crippen LogP contribution in [0, 0.1) is 0 Å². The Morgan fingerprint density at radius 2 is 1.86 bits per heavy atom. The smallest absolute Gasteiger partial charge is 0.242 e. The number of aliphatic imine (C=N–C) groups is 1. The van der Waals surface area contributed by atoms with Crippen LogP contribution >= 0.6 is 0 Å². The number of nitrogens with one attached hydrogen (secondary N) is 2. The minimum Gasteiger partial charge on any atom is -0.488 e. The summed E-state index contributed by atoms with van der Waals surface area (Å²) in [7, 11) is -0.371. The summed E-state index contributed by atoms with van der Waals surface area (Å²) in [4.78, 5) is 4.88. The zero-order valence-electron chi connectivity index (χ0n) is 17.1. The number of rotatable bonds is 7. The third-order valence-electron chi connectivity index (χ3n) is 4.68. The highest BCUT2D eigenvalue weighted by Crippen LogP contribution is 2.27. The van der Waals surface area contributed by atoms with E-state index in [1.54, 1.807) is 24.3 Å². The molecule has 0 amide bonds. The van der Waals surface area contributed by atoms with Gasteiger partial charge in [-0.2, -0.15) is 0 Å². The van der Waals surface area contributed by atoms with Gasteiger partial charge in [-0.15, -0.1) is 0 Å². The van der Waals surface area contributed by atoms with E-state index in [2.05, 4.69) is 21.7 Å². The van der Waals surface area contributed by atoms with Gasteiger partial charge in [0.25, 0.3) is 0 Å². The molecule has 0 aliphatic carbocycles. The summed E-state index contributed by atoms with van der Waals surface area (Å²) in [6, 6.07) is 14.9. The first kappa shape index (κ1) is 21.1. The van der Waals surface area contributed by atoms with Gasteiger partial charge in [-0.05, 0) is 36.2 Å². The van der Waals surface area contributed by atoms with Crippen LogP contribution in [0.25, 0.3) is 0 Å². The normalized spacial score (nSPS) is 16.4. The molecular weight excluding hydrogens is 388 g/mol. The molecule has 1 atom stereocenters. The molecule has 1 aliphatic rings. The van der Waals surface area contributed by atoms with Crippen molar-refractivity contribution in [1.82, 2.24) is 14.9 Å². The molecule has 2 aromatic carbocycles. The van der Waals surface area contributed by atoms with Crippen molar-refractivity contribution in [2.24, 2.45) is 4.99 Å². The lowest BCUT2D eigenvalue weighted by Gasteiger charge is -2.15. The molecular formula is C21H28N4O3S. The molecule has 29 heavy (non-hydrogen) atoms. The van der Waals surface area contributed by atoms with Crippen molar-refractivity contribution >= 4 is 16.0 Å². The molecule has 1 aliphatic heterocycles. The van der Waals surface area contributed by atoms with Crippen molar-refractivity contribution < 1.29 is 13.2 Å². The minimum absolute atomic E-state index is 0.0757. The molecule has 1 heterocycles. The molecule has 1 unspecified atom stereocenters.